The molecule has 1 amide bonds. The molecule has 1 aliphatic rings. The number of aromatic nitrogens is 2. The number of aryl methyl sites for hydroxylation is 1. The zero-order valence-corrected chi connectivity index (χ0v) is 18.7. The van der Waals surface area contributed by atoms with E-state index in [0.29, 0.717) is 12.2 Å². The molecule has 7 heteroatoms. The second-order valence-corrected chi connectivity index (χ2v) is 7.63. The van der Waals surface area contributed by atoms with Crippen LogP contribution in [0.5, 0.6) is 5.75 Å². The van der Waals surface area contributed by atoms with E-state index < -0.39 is 0 Å². The second kappa shape index (κ2) is 10.5. The van der Waals surface area contributed by atoms with Crippen molar-refractivity contribution in [1.82, 2.24) is 15.1 Å². The molecule has 1 fully saturated rings. The van der Waals surface area contributed by atoms with Crippen molar-refractivity contribution in [3.8, 4) is 11.4 Å². The molecule has 4 rings (SSSR count). The average Bonchev–Trinajstić information content (AvgIpc) is 3.21. The van der Waals surface area contributed by atoms with E-state index in [1.54, 1.807) is 6.20 Å². The van der Waals surface area contributed by atoms with Crippen molar-refractivity contribution >= 4 is 24.0 Å². The number of nitrogens with zero attached hydrogens (tertiary/aromatic N) is 2. The number of piperidine rings is 1. The number of benzene rings is 2. The molecule has 2 heterocycles. The van der Waals surface area contributed by atoms with Crippen molar-refractivity contribution in [3.63, 3.8) is 0 Å². The largest absolute Gasteiger partial charge is 0.494 e. The number of nitrogens with one attached hydrogen (secondary N) is 2. The van der Waals surface area contributed by atoms with Crippen molar-refractivity contribution in [1.29, 1.82) is 0 Å². The molecular formula is C24H29ClN4O2. The molecule has 0 unspecified atom stereocenters. The van der Waals surface area contributed by atoms with Gasteiger partial charge >= 0.3 is 0 Å². The third kappa shape index (κ3) is 5.27. The second-order valence-electron chi connectivity index (χ2n) is 7.63. The summed E-state index contributed by atoms with van der Waals surface area (Å²) in [4.78, 5) is 13.2. The predicted octanol–water partition coefficient (Wildman–Crippen LogP) is 4.72. The Morgan fingerprint density at radius 1 is 1.19 bits per heavy atom. The molecule has 2 aromatic carbocycles. The molecule has 0 bridgehead atoms. The van der Waals surface area contributed by atoms with Crippen molar-refractivity contribution in [2.75, 3.05) is 25.0 Å². The van der Waals surface area contributed by atoms with E-state index in [-0.39, 0.29) is 24.2 Å². The monoisotopic (exact) mass is 440 g/mol. The summed E-state index contributed by atoms with van der Waals surface area (Å²) in [5.74, 6) is 0.945. The number of amides is 1. The van der Waals surface area contributed by atoms with Crippen molar-refractivity contribution < 1.29 is 9.53 Å². The summed E-state index contributed by atoms with van der Waals surface area (Å²) in [6.07, 6.45) is 3.67. The third-order valence-electron chi connectivity index (χ3n) is 5.45. The van der Waals surface area contributed by atoms with Crippen LogP contribution in [0.15, 0.2) is 54.7 Å². The maximum absolute atomic E-state index is 13.2. The Morgan fingerprint density at radius 2 is 1.94 bits per heavy atom. The molecule has 0 aliphatic carbocycles. The predicted molar refractivity (Wildman–Crippen MR) is 126 cm³/mol. The molecule has 0 spiro atoms. The molecule has 31 heavy (non-hydrogen) atoms. The lowest BCUT2D eigenvalue weighted by molar-refractivity contribution is 0.102. The number of carbonyl (C=O) groups excluding carboxylic acids is 1. The van der Waals surface area contributed by atoms with Crippen LogP contribution in [0.25, 0.3) is 5.69 Å². The normalized spacial score (nSPS) is 14.0. The van der Waals surface area contributed by atoms with Crippen LogP contribution in [-0.2, 0) is 0 Å². The van der Waals surface area contributed by atoms with Crippen LogP contribution in [-0.4, -0.2) is 35.4 Å². The summed E-state index contributed by atoms with van der Waals surface area (Å²) in [6, 6.07) is 15.7. The van der Waals surface area contributed by atoms with Crippen LogP contribution in [0.4, 0.5) is 5.69 Å². The molecule has 164 valence electrons. The summed E-state index contributed by atoms with van der Waals surface area (Å²) in [5.41, 5.74) is 4.52. The SMILES string of the molecule is CCOc1ccc(NC(=O)c2cnn(-c3cccc(C)c3)c2C2CCNCC2)cc1.Cl. The van der Waals surface area contributed by atoms with Gasteiger partial charge in [0.15, 0.2) is 0 Å². The van der Waals surface area contributed by atoms with Crippen LogP contribution in [0.1, 0.15) is 47.3 Å². The fourth-order valence-corrected chi connectivity index (χ4v) is 3.99. The van der Waals surface area contributed by atoms with Gasteiger partial charge in [-0.1, -0.05) is 12.1 Å². The van der Waals surface area contributed by atoms with Crippen molar-refractivity contribution in [2.24, 2.45) is 0 Å². The summed E-state index contributed by atoms with van der Waals surface area (Å²) in [5, 5.41) is 11.0. The van der Waals surface area contributed by atoms with Gasteiger partial charge in [-0.25, -0.2) is 4.68 Å². The van der Waals surface area contributed by atoms with Gasteiger partial charge in [-0.3, -0.25) is 4.79 Å². The highest BCUT2D eigenvalue weighted by Gasteiger charge is 2.27. The Balaban J connectivity index is 0.00000272. The minimum atomic E-state index is -0.133. The lowest BCUT2D eigenvalue weighted by atomic mass is 9.91. The topological polar surface area (TPSA) is 68.2 Å². The number of ether oxygens (including phenoxy) is 1. The zero-order valence-electron chi connectivity index (χ0n) is 17.9. The Labute approximate surface area is 189 Å². The molecular weight excluding hydrogens is 412 g/mol. The van der Waals surface area contributed by atoms with E-state index in [1.165, 1.54) is 5.56 Å². The Hall–Kier alpha value is -2.83. The van der Waals surface area contributed by atoms with Crippen LogP contribution in [0, 0.1) is 6.92 Å². The highest BCUT2D eigenvalue weighted by atomic mass is 35.5. The fraction of sp³-hybridized carbons (Fsp3) is 0.333. The Kier molecular flexibility index (Phi) is 7.71. The summed E-state index contributed by atoms with van der Waals surface area (Å²) < 4.78 is 7.42. The number of halogens is 1. The molecule has 0 saturated carbocycles. The fourth-order valence-electron chi connectivity index (χ4n) is 3.99. The Bertz CT molecular complexity index is 1010. The minimum Gasteiger partial charge on any atom is -0.494 e. The first-order chi connectivity index (χ1) is 14.7. The third-order valence-corrected chi connectivity index (χ3v) is 5.45. The molecule has 0 atom stereocenters. The van der Waals surface area contributed by atoms with Crippen LogP contribution in [0.3, 0.4) is 0 Å². The maximum Gasteiger partial charge on any atom is 0.259 e. The van der Waals surface area contributed by atoms with Crippen molar-refractivity contribution in [2.45, 2.75) is 32.6 Å². The first-order valence-electron chi connectivity index (χ1n) is 10.6. The quantitative estimate of drug-likeness (QED) is 0.582. The first kappa shape index (κ1) is 22.8. The molecule has 1 aromatic heterocycles. The van der Waals surface area contributed by atoms with Gasteiger partial charge in [0, 0.05) is 11.6 Å². The molecule has 2 N–H and O–H groups in total. The minimum absolute atomic E-state index is 0. The number of carbonyl (C=O) groups is 1. The average molecular weight is 441 g/mol. The zero-order chi connectivity index (χ0) is 20.9. The van der Waals surface area contributed by atoms with E-state index >= 15 is 0 Å². The van der Waals surface area contributed by atoms with Crippen LogP contribution >= 0.6 is 12.4 Å². The Morgan fingerprint density at radius 3 is 2.61 bits per heavy atom. The van der Waals surface area contributed by atoms with Gasteiger partial charge in [-0.15, -0.1) is 12.4 Å². The molecule has 1 saturated heterocycles. The lowest BCUT2D eigenvalue weighted by Crippen LogP contribution is -2.29. The van der Waals surface area contributed by atoms with E-state index in [0.717, 1.165) is 48.7 Å². The van der Waals surface area contributed by atoms with Gasteiger partial charge in [-0.2, -0.15) is 5.10 Å². The van der Waals surface area contributed by atoms with Gasteiger partial charge in [0.25, 0.3) is 5.91 Å². The lowest BCUT2D eigenvalue weighted by Gasteiger charge is -2.24. The van der Waals surface area contributed by atoms with Gasteiger partial charge < -0.3 is 15.4 Å². The number of rotatable bonds is 6. The van der Waals surface area contributed by atoms with E-state index in [2.05, 4.69) is 34.8 Å². The highest BCUT2D eigenvalue weighted by Crippen LogP contribution is 2.31. The first-order valence-corrected chi connectivity index (χ1v) is 10.6. The standard InChI is InChI=1S/C24H28N4O2.ClH/c1-3-30-21-9-7-19(8-10-21)27-24(29)22-16-26-28(20-6-4-5-17(2)15-20)23(22)18-11-13-25-14-12-18;/h4-10,15-16,18,25H,3,11-14H2,1-2H3,(H,27,29);1H. The van der Waals surface area contributed by atoms with Gasteiger partial charge in [0.2, 0.25) is 0 Å². The highest BCUT2D eigenvalue weighted by molar-refractivity contribution is 6.05. The van der Waals surface area contributed by atoms with E-state index in [1.807, 2.05) is 48.0 Å². The van der Waals surface area contributed by atoms with Crippen LogP contribution < -0.4 is 15.4 Å². The van der Waals surface area contributed by atoms with E-state index in [4.69, 9.17) is 4.74 Å². The molecule has 3 aromatic rings. The summed E-state index contributed by atoms with van der Waals surface area (Å²) in [6.45, 7) is 6.53. The maximum atomic E-state index is 13.2. The molecule has 1 aliphatic heterocycles. The summed E-state index contributed by atoms with van der Waals surface area (Å²) >= 11 is 0. The van der Waals surface area contributed by atoms with Gasteiger partial charge in [0.1, 0.15) is 5.75 Å². The summed E-state index contributed by atoms with van der Waals surface area (Å²) in [7, 11) is 0. The molecule has 0 radical (unpaired) electrons. The van der Waals surface area contributed by atoms with Crippen molar-refractivity contribution in [3.05, 3.63) is 71.5 Å². The van der Waals surface area contributed by atoms with Crippen LogP contribution in [0.2, 0.25) is 0 Å². The number of hydrogen-bond acceptors (Lipinski definition) is 4. The molecule has 6 nitrogen and oxygen atoms in total. The van der Waals surface area contributed by atoms with Gasteiger partial charge in [-0.05, 0) is 81.7 Å². The number of anilines is 1. The smallest absolute Gasteiger partial charge is 0.259 e. The number of hydrogen-bond donors (Lipinski definition) is 2. The van der Waals surface area contributed by atoms with Gasteiger partial charge in [0.05, 0.1) is 29.7 Å². The van der Waals surface area contributed by atoms with E-state index in [9.17, 15) is 4.79 Å².